The van der Waals surface area contributed by atoms with Crippen molar-refractivity contribution in [2.75, 3.05) is 5.75 Å². The number of hydrogen-bond acceptors (Lipinski definition) is 5. The second kappa shape index (κ2) is 6.80. The van der Waals surface area contributed by atoms with Crippen molar-refractivity contribution < 1.29 is 9.59 Å². The van der Waals surface area contributed by atoms with Gasteiger partial charge in [-0.3, -0.25) is 20.4 Å². The van der Waals surface area contributed by atoms with Gasteiger partial charge in [0.1, 0.15) is 5.82 Å². The Labute approximate surface area is 109 Å². The molecule has 1 aromatic heterocycles. The van der Waals surface area contributed by atoms with Gasteiger partial charge in [-0.15, -0.1) is 16.8 Å². The summed E-state index contributed by atoms with van der Waals surface area (Å²) in [6.07, 6.45) is 1.73. The zero-order chi connectivity index (χ0) is 13.5. The number of carbonyl (C=O) groups excluding carboxylic acids is 2. The van der Waals surface area contributed by atoms with Crippen LogP contribution < -0.4 is 10.9 Å². The van der Waals surface area contributed by atoms with Crippen LogP contribution in [0.2, 0.25) is 0 Å². The van der Waals surface area contributed by atoms with Crippen LogP contribution in [-0.4, -0.2) is 32.3 Å². The van der Waals surface area contributed by atoms with E-state index in [2.05, 4.69) is 27.6 Å². The molecular formula is C10H15N5O2S. The minimum Gasteiger partial charge on any atom is -0.302 e. The van der Waals surface area contributed by atoms with Gasteiger partial charge in [-0.1, -0.05) is 17.8 Å². The van der Waals surface area contributed by atoms with Crippen molar-refractivity contribution in [3.05, 3.63) is 18.5 Å². The lowest BCUT2D eigenvalue weighted by molar-refractivity contribution is -0.126. The van der Waals surface area contributed by atoms with Crippen LogP contribution in [0.15, 0.2) is 17.8 Å². The summed E-state index contributed by atoms with van der Waals surface area (Å²) >= 11 is 1.25. The maximum atomic E-state index is 11.4. The lowest BCUT2D eigenvalue weighted by atomic mass is 10.6. The van der Waals surface area contributed by atoms with E-state index in [1.807, 2.05) is 11.5 Å². The van der Waals surface area contributed by atoms with Gasteiger partial charge >= 0.3 is 0 Å². The Hall–Kier alpha value is -1.83. The van der Waals surface area contributed by atoms with Crippen molar-refractivity contribution >= 4 is 23.6 Å². The van der Waals surface area contributed by atoms with E-state index in [0.717, 1.165) is 5.82 Å². The smallest absolute Gasteiger partial charge is 0.248 e. The van der Waals surface area contributed by atoms with Gasteiger partial charge in [0.2, 0.25) is 11.8 Å². The minimum absolute atomic E-state index is 0.148. The number of allylic oxidation sites excluding steroid dienone is 1. The molecule has 2 amide bonds. The Bertz CT molecular complexity index is 457. The van der Waals surface area contributed by atoms with E-state index in [0.29, 0.717) is 11.7 Å². The van der Waals surface area contributed by atoms with Crippen LogP contribution in [0.3, 0.4) is 0 Å². The maximum Gasteiger partial charge on any atom is 0.248 e. The minimum atomic E-state index is -0.320. The summed E-state index contributed by atoms with van der Waals surface area (Å²) in [5.74, 6) is 0.287. The molecule has 0 aliphatic carbocycles. The van der Waals surface area contributed by atoms with Crippen molar-refractivity contribution in [2.24, 2.45) is 0 Å². The number of nitrogens with one attached hydrogen (secondary N) is 2. The molecule has 0 aliphatic heterocycles. The number of nitrogens with zero attached hydrogens (tertiary/aromatic N) is 3. The van der Waals surface area contributed by atoms with E-state index in [1.54, 1.807) is 6.08 Å². The van der Waals surface area contributed by atoms with Gasteiger partial charge in [-0.2, -0.15) is 0 Å². The van der Waals surface area contributed by atoms with Gasteiger partial charge < -0.3 is 4.57 Å². The second-order valence-electron chi connectivity index (χ2n) is 3.45. The SMILES string of the molecule is C=CCn1c(C)nnc1SCC(=O)NNC(C)=O. The molecule has 0 radical (unpaired) electrons. The first-order valence-electron chi connectivity index (χ1n) is 5.23. The monoisotopic (exact) mass is 269 g/mol. The van der Waals surface area contributed by atoms with E-state index in [4.69, 9.17) is 0 Å². The molecule has 0 bridgehead atoms. The molecule has 0 atom stereocenters. The standard InChI is InChI=1S/C10H15N5O2S/c1-4-5-15-7(2)11-14-10(15)18-6-9(17)13-12-8(3)16/h4H,1,5-6H2,2-3H3,(H,12,16)(H,13,17). The highest BCUT2D eigenvalue weighted by Gasteiger charge is 2.10. The third kappa shape index (κ3) is 4.21. The number of hydrazine groups is 1. The second-order valence-corrected chi connectivity index (χ2v) is 4.39. The van der Waals surface area contributed by atoms with Crippen LogP contribution in [0.25, 0.3) is 0 Å². The van der Waals surface area contributed by atoms with E-state index >= 15 is 0 Å². The summed E-state index contributed by atoms with van der Waals surface area (Å²) in [5, 5.41) is 8.54. The molecule has 0 unspecified atom stereocenters. The topological polar surface area (TPSA) is 88.9 Å². The fourth-order valence-corrected chi connectivity index (χ4v) is 1.92. The summed E-state index contributed by atoms with van der Waals surface area (Å²) in [4.78, 5) is 22.0. The van der Waals surface area contributed by atoms with E-state index in [1.165, 1.54) is 18.7 Å². The average Bonchev–Trinajstić information content (AvgIpc) is 2.66. The third-order valence-corrected chi connectivity index (χ3v) is 2.89. The van der Waals surface area contributed by atoms with Gasteiger partial charge in [0.05, 0.1) is 5.75 Å². The fourth-order valence-electron chi connectivity index (χ4n) is 1.13. The molecule has 1 rings (SSSR count). The zero-order valence-corrected chi connectivity index (χ0v) is 11.1. The molecule has 0 aromatic carbocycles. The highest BCUT2D eigenvalue weighted by Crippen LogP contribution is 2.16. The van der Waals surface area contributed by atoms with Gasteiger partial charge in [-0.05, 0) is 6.92 Å². The first-order valence-corrected chi connectivity index (χ1v) is 6.22. The molecular weight excluding hydrogens is 254 g/mol. The van der Waals surface area contributed by atoms with Crippen molar-refractivity contribution in [3.63, 3.8) is 0 Å². The average molecular weight is 269 g/mol. The van der Waals surface area contributed by atoms with Crippen molar-refractivity contribution in [3.8, 4) is 0 Å². The van der Waals surface area contributed by atoms with E-state index in [9.17, 15) is 9.59 Å². The number of rotatable bonds is 5. The summed E-state index contributed by atoms with van der Waals surface area (Å²) in [6.45, 7) is 7.39. The van der Waals surface area contributed by atoms with Crippen molar-refractivity contribution in [1.29, 1.82) is 0 Å². The number of amides is 2. The highest BCUT2D eigenvalue weighted by atomic mass is 32.2. The first-order chi connectivity index (χ1) is 8.54. The maximum absolute atomic E-state index is 11.4. The molecule has 8 heteroatoms. The van der Waals surface area contributed by atoms with Crippen LogP contribution in [0.4, 0.5) is 0 Å². The Morgan fingerprint density at radius 2 is 2.17 bits per heavy atom. The normalized spacial score (nSPS) is 9.89. The summed E-state index contributed by atoms with van der Waals surface area (Å²) < 4.78 is 1.85. The quantitative estimate of drug-likeness (QED) is 0.447. The Kier molecular flexibility index (Phi) is 5.37. The van der Waals surface area contributed by atoms with Gasteiger partial charge in [0.25, 0.3) is 0 Å². The molecule has 2 N–H and O–H groups in total. The summed E-state index contributed by atoms with van der Waals surface area (Å²) in [6, 6.07) is 0. The molecule has 18 heavy (non-hydrogen) atoms. The lowest BCUT2D eigenvalue weighted by Crippen LogP contribution is -2.41. The molecule has 7 nitrogen and oxygen atoms in total. The Morgan fingerprint density at radius 1 is 1.44 bits per heavy atom. The van der Waals surface area contributed by atoms with Gasteiger partial charge in [0, 0.05) is 13.5 Å². The Balaban J connectivity index is 2.50. The molecule has 1 heterocycles. The zero-order valence-electron chi connectivity index (χ0n) is 10.3. The largest absolute Gasteiger partial charge is 0.302 e. The van der Waals surface area contributed by atoms with Crippen LogP contribution >= 0.6 is 11.8 Å². The van der Waals surface area contributed by atoms with Gasteiger partial charge in [0.15, 0.2) is 5.16 Å². The van der Waals surface area contributed by atoms with Crippen LogP contribution in [-0.2, 0) is 16.1 Å². The number of aromatic nitrogens is 3. The van der Waals surface area contributed by atoms with E-state index in [-0.39, 0.29) is 17.6 Å². The predicted molar refractivity (Wildman–Crippen MR) is 67.6 cm³/mol. The molecule has 0 spiro atoms. The van der Waals surface area contributed by atoms with Crippen LogP contribution in [0.1, 0.15) is 12.7 Å². The van der Waals surface area contributed by atoms with Crippen molar-refractivity contribution in [2.45, 2.75) is 25.5 Å². The number of hydrogen-bond donors (Lipinski definition) is 2. The van der Waals surface area contributed by atoms with Crippen molar-refractivity contribution in [1.82, 2.24) is 25.6 Å². The molecule has 1 aromatic rings. The predicted octanol–water partition coefficient (Wildman–Crippen LogP) is 0.0319. The number of thioether (sulfide) groups is 1. The number of carbonyl (C=O) groups is 2. The van der Waals surface area contributed by atoms with Crippen LogP contribution in [0, 0.1) is 6.92 Å². The third-order valence-electron chi connectivity index (χ3n) is 1.92. The Morgan fingerprint density at radius 3 is 2.78 bits per heavy atom. The molecule has 0 saturated heterocycles. The summed E-state index contributed by atoms with van der Waals surface area (Å²) in [5.41, 5.74) is 4.49. The molecule has 98 valence electrons. The van der Waals surface area contributed by atoms with Gasteiger partial charge in [-0.25, -0.2) is 0 Å². The van der Waals surface area contributed by atoms with E-state index < -0.39 is 0 Å². The number of aryl methyl sites for hydroxylation is 1. The summed E-state index contributed by atoms with van der Waals surface area (Å²) in [7, 11) is 0. The molecule has 0 fully saturated rings. The first kappa shape index (κ1) is 14.2. The molecule has 0 saturated carbocycles. The lowest BCUT2D eigenvalue weighted by Gasteiger charge is -2.06. The fraction of sp³-hybridized carbons (Fsp3) is 0.400. The molecule has 0 aliphatic rings. The highest BCUT2D eigenvalue weighted by molar-refractivity contribution is 7.99. The van der Waals surface area contributed by atoms with Crippen LogP contribution in [0.5, 0.6) is 0 Å².